The highest BCUT2D eigenvalue weighted by atomic mass is 32.2. The number of rotatable bonds is 7. The van der Waals surface area contributed by atoms with Crippen LogP contribution in [0.2, 0.25) is 0 Å². The van der Waals surface area contributed by atoms with Gasteiger partial charge in [0.05, 0.1) is 18.6 Å². The highest BCUT2D eigenvalue weighted by Crippen LogP contribution is 2.15. The third kappa shape index (κ3) is 5.22. The molecule has 0 radical (unpaired) electrons. The maximum absolute atomic E-state index is 11.9. The zero-order valence-electron chi connectivity index (χ0n) is 10.6. The Morgan fingerprint density at radius 1 is 1.47 bits per heavy atom. The van der Waals surface area contributed by atoms with Crippen LogP contribution in [0.25, 0.3) is 0 Å². The molecule has 0 bridgehead atoms. The zero-order valence-corrected chi connectivity index (χ0v) is 11.4. The molecular formula is C13H19NO2S. The number of hydrogen-bond acceptors (Lipinski definition) is 4. The van der Waals surface area contributed by atoms with E-state index in [0.717, 1.165) is 5.75 Å². The summed E-state index contributed by atoms with van der Waals surface area (Å²) in [7, 11) is 0. The molecule has 1 aromatic rings. The van der Waals surface area contributed by atoms with Gasteiger partial charge in [-0.15, -0.1) is 0 Å². The van der Waals surface area contributed by atoms with Gasteiger partial charge in [-0.1, -0.05) is 13.8 Å². The fourth-order valence-corrected chi connectivity index (χ4v) is 2.23. The van der Waals surface area contributed by atoms with Gasteiger partial charge in [0.15, 0.2) is 5.78 Å². The van der Waals surface area contributed by atoms with Crippen LogP contribution in [0, 0.1) is 5.92 Å². The van der Waals surface area contributed by atoms with Crippen molar-refractivity contribution < 1.29 is 9.53 Å². The van der Waals surface area contributed by atoms with Crippen LogP contribution in [0.4, 0.5) is 0 Å². The molecule has 94 valence electrons. The van der Waals surface area contributed by atoms with Crippen LogP contribution in [0.1, 0.15) is 31.1 Å². The van der Waals surface area contributed by atoms with Crippen molar-refractivity contribution in [3.05, 3.63) is 24.0 Å². The van der Waals surface area contributed by atoms with E-state index in [4.69, 9.17) is 4.74 Å². The summed E-state index contributed by atoms with van der Waals surface area (Å²) < 4.78 is 5.32. The van der Waals surface area contributed by atoms with E-state index >= 15 is 0 Å². The molecule has 3 nitrogen and oxygen atoms in total. The number of thioether (sulfide) groups is 1. The number of carbonyl (C=O) groups is 1. The van der Waals surface area contributed by atoms with Gasteiger partial charge in [0.25, 0.3) is 0 Å². The van der Waals surface area contributed by atoms with Crippen LogP contribution in [-0.4, -0.2) is 28.9 Å². The van der Waals surface area contributed by atoms with Crippen molar-refractivity contribution in [3.63, 3.8) is 0 Å². The van der Waals surface area contributed by atoms with Crippen molar-refractivity contribution in [2.75, 3.05) is 18.1 Å². The molecule has 1 rings (SSSR count). The molecule has 1 aromatic heterocycles. The van der Waals surface area contributed by atoms with Gasteiger partial charge in [-0.2, -0.15) is 11.8 Å². The fourth-order valence-electron chi connectivity index (χ4n) is 1.29. The Hall–Kier alpha value is -1.03. The van der Waals surface area contributed by atoms with Gasteiger partial charge in [-0.25, -0.2) is 0 Å². The number of aromatic nitrogens is 1. The average molecular weight is 253 g/mol. The predicted octanol–water partition coefficient (Wildman–Crippen LogP) is 3.05. The zero-order chi connectivity index (χ0) is 12.7. The maximum atomic E-state index is 11.9. The Balaban J connectivity index is 2.53. The summed E-state index contributed by atoms with van der Waals surface area (Å²) in [5, 5.41) is 0. The van der Waals surface area contributed by atoms with Crippen molar-refractivity contribution in [1.29, 1.82) is 0 Å². The molecule has 4 heteroatoms. The molecule has 0 amide bonds. The van der Waals surface area contributed by atoms with Crippen LogP contribution < -0.4 is 4.74 Å². The largest absolute Gasteiger partial charge is 0.492 e. The molecule has 0 spiro atoms. The monoisotopic (exact) mass is 253 g/mol. The highest BCUT2D eigenvalue weighted by Gasteiger charge is 2.08. The van der Waals surface area contributed by atoms with E-state index in [1.165, 1.54) is 0 Å². The van der Waals surface area contributed by atoms with E-state index in [1.54, 1.807) is 30.2 Å². The molecule has 0 aliphatic heterocycles. The molecule has 1 heterocycles. The fraction of sp³-hybridized carbons (Fsp3) is 0.538. The van der Waals surface area contributed by atoms with Gasteiger partial charge in [-0.3, -0.25) is 9.78 Å². The molecule has 0 unspecified atom stereocenters. The second kappa shape index (κ2) is 7.33. The average Bonchev–Trinajstić information content (AvgIpc) is 2.29. The molecule has 17 heavy (non-hydrogen) atoms. The number of Topliss-reactive ketones (excluding diaryl/α,β-unsaturated/α-hetero) is 1. The van der Waals surface area contributed by atoms with E-state index < -0.39 is 0 Å². The predicted molar refractivity (Wildman–Crippen MR) is 71.9 cm³/mol. The lowest BCUT2D eigenvalue weighted by molar-refractivity contribution is 0.102. The van der Waals surface area contributed by atoms with E-state index in [0.29, 0.717) is 29.6 Å². The van der Waals surface area contributed by atoms with Crippen LogP contribution in [0.3, 0.4) is 0 Å². The van der Waals surface area contributed by atoms with E-state index in [-0.39, 0.29) is 5.78 Å². The third-order valence-corrected chi connectivity index (χ3v) is 3.40. The molecule has 0 aliphatic carbocycles. The minimum Gasteiger partial charge on any atom is -0.492 e. The molecule has 0 N–H and O–H groups in total. The maximum Gasteiger partial charge on any atom is 0.174 e. The van der Waals surface area contributed by atoms with Crippen molar-refractivity contribution >= 4 is 17.5 Å². The standard InChI is InChI=1S/C13H19NO2S/c1-4-16-12-5-11(6-14-7-12)13(15)9-17-8-10(2)3/h5-7,10H,4,8-9H2,1-3H3. The van der Waals surface area contributed by atoms with Crippen LogP contribution in [-0.2, 0) is 0 Å². The molecule has 0 fully saturated rings. The minimum atomic E-state index is 0.115. The Morgan fingerprint density at radius 3 is 2.88 bits per heavy atom. The van der Waals surface area contributed by atoms with Crippen LogP contribution >= 0.6 is 11.8 Å². The summed E-state index contributed by atoms with van der Waals surface area (Å²) >= 11 is 1.67. The summed E-state index contributed by atoms with van der Waals surface area (Å²) in [6.07, 6.45) is 3.22. The molecule has 0 saturated heterocycles. The number of hydrogen-bond donors (Lipinski definition) is 0. The Labute approximate surface area is 107 Å². The number of ketones is 1. The first-order valence-electron chi connectivity index (χ1n) is 5.82. The normalized spacial score (nSPS) is 10.6. The van der Waals surface area contributed by atoms with Gasteiger partial charge in [0.2, 0.25) is 0 Å². The lowest BCUT2D eigenvalue weighted by Gasteiger charge is -2.06. The first-order valence-corrected chi connectivity index (χ1v) is 6.97. The summed E-state index contributed by atoms with van der Waals surface area (Å²) in [5.74, 6) is 2.90. The van der Waals surface area contributed by atoms with E-state index in [1.807, 2.05) is 6.92 Å². The van der Waals surface area contributed by atoms with Crippen molar-refractivity contribution in [2.24, 2.45) is 5.92 Å². The first-order chi connectivity index (χ1) is 8.13. The van der Waals surface area contributed by atoms with E-state index in [9.17, 15) is 4.79 Å². The Kier molecular flexibility index (Phi) is 6.05. The lowest BCUT2D eigenvalue weighted by Crippen LogP contribution is -2.05. The molecule has 0 aromatic carbocycles. The number of carbonyl (C=O) groups excluding carboxylic acids is 1. The summed E-state index contributed by atoms with van der Waals surface area (Å²) in [6.45, 7) is 6.79. The van der Waals surface area contributed by atoms with Crippen LogP contribution in [0.15, 0.2) is 18.5 Å². The molecule has 0 aliphatic rings. The third-order valence-electron chi connectivity index (χ3n) is 2.03. The van der Waals surface area contributed by atoms with Gasteiger partial charge in [0, 0.05) is 11.8 Å². The minimum absolute atomic E-state index is 0.115. The summed E-state index contributed by atoms with van der Waals surface area (Å²) in [5.41, 5.74) is 0.632. The molecular weight excluding hydrogens is 234 g/mol. The van der Waals surface area contributed by atoms with Gasteiger partial charge in [-0.05, 0) is 24.7 Å². The van der Waals surface area contributed by atoms with Gasteiger partial charge in [0.1, 0.15) is 5.75 Å². The summed E-state index contributed by atoms with van der Waals surface area (Å²) in [4.78, 5) is 15.9. The van der Waals surface area contributed by atoms with Gasteiger partial charge < -0.3 is 4.74 Å². The smallest absolute Gasteiger partial charge is 0.174 e. The topological polar surface area (TPSA) is 39.2 Å². The number of ether oxygens (including phenoxy) is 1. The number of pyridine rings is 1. The number of nitrogens with zero attached hydrogens (tertiary/aromatic N) is 1. The SMILES string of the molecule is CCOc1cncc(C(=O)CSCC(C)C)c1. The van der Waals surface area contributed by atoms with Crippen molar-refractivity contribution in [1.82, 2.24) is 4.98 Å². The molecule has 0 saturated carbocycles. The second-order valence-electron chi connectivity index (χ2n) is 4.17. The Bertz CT molecular complexity index is 366. The quantitative estimate of drug-likeness (QED) is 0.700. The Morgan fingerprint density at radius 2 is 2.24 bits per heavy atom. The molecule has 0 atom stereocenters. The van der Waals surface area contributed by atoms with E-state index in [2.05, 4.69) is 18.8 Å². The van der Waals surface area contributed by atoms with Crippen LogP contribution in [0.5, 0.6) is 5.75 Å². The summed E-state index contributed by atoms with van der Waals surface area (Å²) in [6, 6.07) is 1.76. The lowest BCUT2D eigenvalue weighted by atomic mass is 10.2. The highest BCUT2D eigenvalue weighted by molar-refractivity contribution is 7.99. The van der Waals surface area contributed by atoms with Crippen molar-refractivity contribution in [2.45, 2.75) is 20.8 Å². The van der Waals surface area contributed by atoms with Gasteiger partial charge >= 0.3 is 0 Å². The first kappa shape index (κ1) is 14.0. The second-order valence-corrected chi connectivity index (χ2v) is 5.20. The van der Waals surface area contributed by atoms with Crippen molar-refractivity contribution in [3.8, 4) is 5.75 Å².